The molecule has 2 unspecified atom stereocenters. The van der Waals surface area contributed by atoms with Crippen LogP contribution in [0, 0.1) is 5.92 Å². The SMILES string of the molecule is CCNC(=NCCCNC(=O)c1cccc(O)c1)NC1CC1C. The van der Waals surface area contributed by atoms with Crippen molar-refractivity contribution in [2.45, 2.75) is 32.7 Å². The third-order valence-electron chi connectivity index (χ3n) is 3.77. The maximum Gasteiger partial charge on any atom is 0.251 e. The van der Waals surface area contributed by atoms with Crippen LogP contribution in [0.4, 0.5) is 0 Å². The standard InChI is InChI=1S/C17H26N4O2/c1-3-18-17(21-15-10-12(15)2)20-9-5-8-19-16(23)13-6-4-7-14(22)11-13/h4,6-7,11-12,15,22H,3,5,8-10H2,1-2H3,(H,19,23)(H2,18,20,21). The van der Waals surface area contributed by atoms with Gasteiger partial charge < -0.3 is 21.1 Å². The van der Waals surface area contributed by atoms with Crippen LogP contribution in [0.25, 0.3) is 0 Å². The molecule has 4 N–H and O–H groups in total. The van der Waals surface area contributed by atoms with E-state index in [0.29, 0.717) is 24.7 Å². The summed E-state index contributed by atoms with van der Waals surface area (Å²) in [7, 11) is 0. The van der Waals surface area contributed by atoms with Gasteiger partial charge in [-0.05, 0) is 43.9 Å². The topological polar surface area (TPSA) is 85.8 Å². The highest BCUT2D eigenvalue weighted by Gasteiger charge is 2.33. The molecule has 0 spiro atoms. The van der Waals surface area contributed by atoms with Gasteiger partial charge in [0.2, 0.25) is 0 Å². The predicted molar refractivity (Wildman–Crippen MR) is 91.7 cm³/mol. The van der Waals surface area contributed by atoms with Crippen molar-refractivity contribution in [2.75, 3.05) is 19.6 Å². The van der Waals surface area contributed by atoms with Gasteiger partial charge in [-0.3, -0.25) is 9.79 Å². The second-order valence-corrected chi connectivity index (χ2v) is 5.88. The van der Waals surface area contributed by atoms with Crippen LogP contribution >= 0.6 is 0 Å². The number of nitrogens with one attached hydrogen (secondary N) is 3. The smallest absolute Gasteiger partial charge is 0.251 e. The molecule has 6 heteroatoms. The summed E-state index contributed by atoms with van der Waals surface area (Å²) in [6.07, 6.45) is 1.96. The Morgan fingerprint density at radius 3 is 2.83 bits per heavy atom. The lowest BCUT2D eigenvalue weighted by molar-refractivity contribution is 0.0953. The summed E-state index contributed by atoms with van der Waals surface area (Å²) in [5.74, 6) is 1.49. The summed E-state index contributed by atoms with van der Waals surface area (Å²) in [5.41, 5.74) is 0.464. The number of hydrogen-bond donors (Lipinski definition) is 4. The van der Waals surface area contributed by atoms with Crippen molar-refractivity contribution in [3.63, 3.8) is 0 Å². The highest BCUT2D eigenvalue weighted by molar-refractivity contribution is 5.94. The third kappa shape index (κ3) is 5.81. The van der Waals surface area contributed by atoms with E-state index in [4.69, 9.17) is 0 Å². The van der Waals surface area contributed by atoms with E-state index in [9.17, 15) is 9.90 Å². The van der Waals surface area contributed by atoms with E-state index in [0.717, 1.165) is 24.8 Å². The molecule has 1 fully saturated rings. The molecule has 23 heavy (non-hydrogen) atoms. The van der Waals surface area contributed by atoms with Gasteiger partial charge in [0.1, 0.15) is 5.75 Å². The van der Waals surface area contributed by atoms with Crippen LogP contribution < -0.4 is 16.0 Å². The van der Waals surface area contributed by atoms with Gasteiger partial charge in [-0.2, -0.15) is 0 Å². The zero-order valence-electron chi connectivity index (χ0n) is 13.8. The van der Waals surface area contributed by atoms with Gasteiger partial charge in [-0.25, -0.2) is 0 Å². The van der Waals surface area contributed by atoms with Crippen molar-refractivity contribution in [1.29, 1.82) is 0 Å². The molecule has 1 aromatic carbocycles. The van der Waals surface area contributed by atoms with Crippen LogP contribution in [0.1, 0.15) is 37.0 Å². The molecule has 126 valence electrons. The van der Waals surface area contributed by atoms with Crippen LogP contribution in [-0.4, -0.2) is 42.6 Å². The van der Waals surface area contributed by atoms with Crippen LogP contribution in [0.5, 0.6) is 5.75 Å². The number of carbonyl (C=O) groups excluding carboxylic acids is 1. The molecule has 0 saturated heterocycles. The maximum atomic E-state index is 11.9. The summed E-state index contributed by atoms with van der Waals surface area (Å²) in [5, 5.41) is 18.8. The van der Waals surface area contributed by atoms with E-state index in [1.165, 1.54) is 12.5 Å². The Hall–Kier alpha value is -2.24. The quantitative estimate of drug-likeness (QED) is 0.348. The van der Waals surface area contributed by atoms with Gasteiger partial charge in [0, 0.05) is 31.2 Å². The summed E-state index contributed by atoms with van der Waals surface area (Å²) in [4.78, 5) is 16.4. The third-order valence-corrected chi connectivity index (χ3v) is 3.77. The molecule has 1 aromatic rings. The number of aromatic hydroxyl groups is 1. The molecule has 2 rings (SSSR count). The number of rotatable bonds is 7. The number of hydrogen-bond acceptors (Lipinski definition) is 3. The fourth-order valence-electron chi connectivity index (χ4n) is 2.24. The average Bonchev–Trinajstić information content (AvgIpc) is 3.21. The minimum Gasteiger partial charge on any atom is -0.508 e. The Morgan fingerprint density at radius 1 is 1.39 bits per heavy atom. The Morgan fingerprint density at radius 2 is 2.17 bits per heavy atom. The molecular formula is C17H26N4O2. The summed E-state index contributed by atoms with van der Waals surface area (Å²) >= 11 is 0. The molecule has 1 aliphatic carbocycles. The zero-order chi connectivity index (χ0) is 16.7. The second-order valence-electron chi connectivity index (χ2n) is 5.88. The molecule has 2 atom stereocenters. The Kier molecular flexibility index (Phi) is 6.26. The molecule has 0 bridgehead atoms. The minimum absolute atomic E-state index is 0.0953. The lowest BCUT2D eigenvalue weighted by atomic mass is 10.2. The number of aliphatic imine (C=N–C) groups is 1. The lowest BCUT2D eigenvalue weighted by Gasteiger charge is -2.10. The summed E-state index contributed by atoms with van der Waals surface area (Å²) < 4.78 is 0. The average molecular weight is 318 g/mol. The van der Waals surface area contributed by atoms with Crippen LogP contribution in [0.2, 0.25) is 0 Å². The van der Waals surface area contributed by atoms with Crippen molar-refractivity contribution in [3.8, 4) is 5.75 Å². The van der Waals surface area contributed by atoms with Crippen molar-refractivity contribution in [1.82, 2.24) is 16.0 Å². The molecule has 6 nitrogen and oxygen atoms in total. The zero-order valence-corrected chi connectivity index (χ0v) is 13.8. The Balaban J connectivity index is 1.69. The van der Waals surface area contributed by atoms with Gasteiger partial charge in [0.15, 0.2) is 5.96 Å². The fourth-order valence-corrected chi connectivity index (χ4v) is 2.24. The number of phenolic OH excluding ortho intramolecular Hbond substituents is 1. The van der Waals surface area contributed by atoms with Crippen LogP contribution in [-0.2, 0) is 0 Å². The van der Waals surface area contributed by atoms with E-state index >= 15 is 0 Å². The maximum absolute atomic E-state index is 11.9. The van der Waals surface area contributed by atoms with Crippen LogP contribution in [0.15, 0.2) is 29.3 Å². The highest BCUT2D eigenvalue weighted by Crippen LogP contribution is 2.28. The molecule has 1 saturated carbocycles. The number of nitrogens with zero attached hydrogens (tertiary/aromatic N) is 1. The van der Waals surface area contributed by atoms with E-state index in [1.807, 2.05) is 6.92 Å². The van der Waals surface area contributed by atoms with Gasteiger partial charge >= 0.3 is 0 Å². The number of guanidine groups is 1. The normalized spacial score (nSPS) is 20.0. The number of carbonyl (C=O) groups is 1. The molecule has 1 amide bonds. The van der Waals surface area contributed by atoms with Crippen molar-refractivity contribution in [2.24, 2.45) is 10.9 Å². The summed E-state index contributed by atoms with van der Waals surface area (Å²) in [6, 6.07) is 6.87. The number of benzene rings is 1. The molecule has 0 heterocycles. The largest absolute Gasteiger partial charge is 0.508 e. The van der Waals surface area contributed by atoms with E-state index in [-0.39, 0.29) is 11.7 Å². The molecule has 0 radical (unpaired) electrons. The first kappa shape index (κ1) is 17.1. The first-order valence-electron chi connectivity index (χ1n) is 8.22. The van der Waals surface area contributed by atoms with Gasteiger partial charge in [-0.15, -0.1) is 0 Å². The van der Waals surface area contributed by atoms with Gasteiger partial charge in [-0.1, -0.05) is 13.0 Å². The molecule has 1 aliphatic rings. The van der Waals surface area contributed by atoms with Crippen molar-refractivity contribution in [3.05, 3.63) is 29.8 Å². The van der Waals surface area contributed by atoms with E-state index < -0.39 is 0 Å². The Bertz CT molecular complexity index is 559. The predicted octanol–water partition coefficient (Wildman–Crippen LogP) is 1.48. The monoisotopic (exact) mass is 318 g/mol. The number of phenols is 1. The number of amides is 1. The molecule has 0 aliphatic heterocycles. The van der Waals surface area contributed by atoms with E-state index in [2.05, 4.69) is 27.9 Å². The fraction of sp³-hybridized carbons (Fsp3) is 0.529. The summed E-state index contributed by atoms with van der Waals surface area (Å²) in [6.45, 7) is 6.30. The van der Waals surface area contributed by atoms with Crippen LogP contribution in [0.3, 0.4) is 0 Å². The van der Waals surface area contributed by atoms with Gasteiger partial charge in [0.25, 0.3) is 5.91 Å². The van der Waals surface area contributed by atoms with E-state index in [1.54, 1.807) is 18.2 Å². The van der Waals surface area contributed by atoms with Gasteiger partial charge in [0.05, 0.1) is 0 Å². The highest BCUT2D eigenvalue weighted by atomic mass is 16.3. The lowest BCUT2D eigenvalue weighted by Crippen LogP contribution is -2.39. The van der Waals surface area contributed by atoms with Crippen molar-refractivity contribution >= 4 is 11.9 Å². The first-order valence-corrected chi connectivity index (χ1v) is 8.22. The molecule has 0 aromatic heterocycles. The Labute approximate surface area is 137 Å². The second kappa shape index (κ2) is 8.41. The minimum atomic E-state index is -0.179. The first-order chi connectivity index (χ1) is 11.1. The molecular weight excluding hydrogens is 292 g/mol. The van der Waals surface area contributed by atoms with Crippen molar-refractivity contribution < 1.29 is 9.90 Å².